The van der Waals surface area contributed by atoms with Gasteiger partial charge < -0.3 is 4.74 Å². The second-order valence-electron chi connectivity index (χ2n) is 6.03. The van der Waals surface area contributed by atoms with E-state index in [0.717, 1.165) is 12.0 Å². The van der Waals surface area contributed by atoms with Crippen LogP contribution < -0.4 is 0 Å². The Balaban J connectivity index is 1.91. The van der Waals surface area contributed by atoms with Crippen molar-refractivity contribution in [3.63, 3.8) is 0 Å². The monoisotopic (exact) mass is 286 g/mol. The van der Waals surface area contributed by atoms with Crippen LogP contribution in [0.5, 0.6) is 0 Å². The Morgan fingerprint density at radius 1 is 0.818 bits per heavy atom. The van der Waals surface area contributed by atoms with Gasteiger partial charge in [0.15, 0.2) is 0 Å². The van der Waals surface area contributed by atoms with E-state index in [1.165, 1.54) is 32.3 Å². The molecule has 0 aliphatic carbocycles. The number of carbonyl (C=O) groups excluding carboxylic acids is 1. The van der Waals surface area contributed by atoms with E-state index < -0.39 is 0 Å². The first-order chi connectivity index (χ1) is 10.8. The largest absolute Gasteiger partial charge is 0.457 e. The van der Waals surface area contributed by atoms with Crippen LogP contribution in [0.1, 0.15) is 24.5 Å². The van der Waals surface area contributed by atoms with Gasteiger partial charge in [-0.25, -0.2) is 0 Å². The predicted molar refractivity (Wildman–Crippen MR) is 88.2 cm³/mol. The van der Waals surface area contributed by atoms with Crippen LogP contribution in [0, 0.1) is 0 Å². The lowest BCUT2D eigenvalue weighted by molar-refractivity contribution is -0.141. The second kappa shape index (κ2) is 4.20. The Labute approximate surface area is 127 Å². The Hall–Kier alpha value is -2.61. The molecule has 0 saturated carbocycles. The van der Waals surface area contributed by atoms with E-state index in [1.807, 2.05) is 0 Å². The van der Waals surface area contributed by atoms with Crippen LogP contribution in [-0.2, 0) is 9.53 Å². The summed E-state index contributed by atoms with van der Waals surface area (Å²) in [5, 5.41) is 7.57. The van der Waals surface area contributed by atoms with Crippen LogP contribution >= 0.6 is 0 Å². The molecule has 0 radical (unpaired) electrons. The summed E-state index contributed by atoms with van der Waals surface area (Å²) in [6, 6.07) is 19.4. The minimum Gasteiger partial charge on any atom is -0.457 e. The van der Waals surface area contributed by atoms with Crippen molar-refractivity contribution in [1.29, 1.82) is 0 Å². The van der Waals surface area contributed by atoms with Crippen molar-refractivity contribution in [3.05, 3.63) is 60.2 Å². The lowest BCUT2D eigenvalue weighted by Crippen LogP contribution is -2.00. The molecule has 1 fully saturated rings. The van der Waals surface area contributed by atoms with Gasteiger partial charge in [0.25, 0.3) is 0 Å². The molecule has 0 amide bonds. The highest BCUT2D eigenvalue weighted by Gasteiger charge is 2.26. The van der Waals surface area contributed by atoms with E-state index in [2.05, 4.69) is 54.6 Å². The standard InChI is InChI=1S/C20H14O2/c21-18-11-10-17(22-18)15-8-6-14-5-4-12-2-1-3-13-7-9-16(15)20(14)19(12)13/h1-9,17H,10-11H2. The zero-order chi connectivity index (χ0) is 14.7. The molecule has 4 aromatic carbocycles. The Morgan fingerprint density at radius 2 is 1.50 bits per heavy atom. The number of hydrogen-bond acceptors (Lipinski definition) is 2. The molecule has 106 valence electrons. The number of carbonyl (C=O) groups is 1. The van der Waals surface area contributed by atoms with E-state index in [-0.39, 0.29) is 12.1 Å². The summed E-state index contributed by atoms with van der Waals surface area (Å²) < 4.78 is 5.50. The Kier molecular flexibility index (Phi) is 2.29. The third-order valence-electron chi connectivity index (χ3n) is 4.79. The van der Waals surface area contributed by atoms with Gasteiger partial charge in [0.1, 0.15) is 6.10 Å². The number of benzene rings is 4. The molecule has 0 aromatic heterocycles. The van der Waals surface area contributed by atoms with Crippen LogP contribution in [0.2, 0.25) is 0 Å². The zero-order valence-electron chi connectivity index (χ0n) is 12.0. The lowest BCUT2D eigenvalue weighted by Gasteiger charge is -2.16. The smallest absolute Gasteiger partial charge is 0.306 e. The van der Waals surface area contributed by atoms with Gasteiger partial charge in [-0.15, -0.1) is 0 Å². The average molecular weight is 286 g/mol. The van der Waals surface area contributed by atoms with Gasteiger partial charge in [-0.3, -0.25) is 4.79 Å². The van der Waals surface area contributed by atoms with Gasteiger partial charge in [-0.1, -0.05) is 54.6 Å². The molecule has 0 bridgehead atoms. The van der Waals surface area contributed by atoms with Crippen LogP contribution in [0.15, 0.2) is 54.6 Å². The minimum absolute atomic E-state index is 0.0873. The maximum Gasteiger partial charge on any atom is 0.306 e. The molecule has 1 aliphatic rings. The van der Waals surface area contributed by atoms with E-state index in [9.17, 15) is 4.79 Å². The number of esters is 1. The molecule has 22 heavy (non-hydrogen) atoms. The fourth-order valence-electron chi connectivity index (χ4n) is 3.78. The summed E-state index contributed by atoms with van der Waals surface area (Å²) in [5.74, 6) is -0.0873. The molecule has 0 N–H and O–H groups in total. The maximum atomic E-state index is 11.5. The first-order valence-electron chi connectivity index (χ1n) is 7.67. The van der Waals surface area contributed by atoms with Crippen molar-refractivity contribution < 1.29 is 9.53 Å². The van der Waals surface area contributed by atoms with Crippen LogP contribution in [0.3, 0.4) is 0 Å². The Bertz CT molecular complexity index is 1020. The average Bonchev–Trinajstić information content (AvgIpc) is 2.99. The van der Waals surface area contributed by atoms with Crippen LogP contribution in [0.25, 0.3) is 32.3 Å². The Morgan fingerprint density at radius 3 is 2.23 bits per heavy atom. The maximum absolute atomic E-state index is 11.5. The molecule has 1 saturated heterocycles. The molecule has 2 heteroatoms. The summed E-state index contributed by atoms with van der Waals surface area (Å²) in [5.41, 5.74) is 1.14. The lowest BCUT2D eigenvalue weighted by atomic mass is 9.90. The van der Waals surface area contributed by atoms with Crippen molar-refractivity contribution in [2.24, 2.45) is 0 Å². The highest BCUT2D eigenvalue weighted by molar-refractivity contribution is 6.23. The van der Waals surface area contributed by atoms with Crippen molar-refractivity contribution in [2.75, 3.05) is 0 Å². The van der Waals surface area contributed by atoms with Gasteiger partial charge in [-0.2, -0.15) is 0 Å². The highest BCUT2D eigenvalue weighted by Crippen LogP contribution is 2.40. The summed E-state index contributed by atoms with van der Waals surface area (Å²) in [6.45, 7) is 0. The van der Waals surface area contributed by atoms with E-state index >= 15 is 0 Å². The van der Waals surface area contributed by atoms with Crippen molar-refractivity contribution >= 4 is 38.3 Å². The summed E-state index contributed by atoms with van der Waals surface area (Å²) in [4.78, 5) is 11.5. The van der Waals surface area contributed by atoms with E-state index in [1.54, 1.807) is 0 Å². The topological polar surface area (TPSA) is 26.3 Å². The first kappa shape index (κ1) is 12.0. The normalized spacial score (nSPS) is 18.5. The van der Waals surface area contributed by atoms with Gasteiger partial charge in [0.05, 0.1) is 0 Å². The molecule has 4 aromatic rings. The highest BCUT2D eigenvalue weighted by atomic mass is 16.5. The van der Waals surface area contributed by atoms with Crippen molar-refractivity contribution in [3.8, 4) is 0 Å². The number of rotatable bonds is 1. The van der Waals surface area contributed by atoms with Crippen LogP contribution in [0.4, 0.5) is 0 Å². The first-order valence-corrected chi connectivity index (χ1v) is 7.67. The molecular weight excluding hydrogens is 272 g/mol. The molecule has 1 atom stereocenters. The molecule has 2 nitrogen and oxygen atoms in total. The third kappa shape index (κ3) is 1.52. The fourth-order valence-corrected chi connectivity index (χ4v) is 3.78. The molecule has 5 rings (SSSR count). The van der Waals surface area contributed by atoms with Gasteiger partial charge in [-0.05, 0) is 38.7 Å². The number of ether oxygens (including phenoxy) is 1. The summed E-state index contributed by atoms with van der Waals surface area (Å²) in [6.07, 6.45) is 1.20. The zero-order valence-corrected chi connectivity index (χ0v) is 12.0. The van der Waals surface area contributed by atoms with E-state index in [4.69, 9.17) is 4.74 Å². The van der Waals surface area contributed by atoms with Crippen molar-refractivity contribution in [2.45, 2.75) is 18.9 Å². The molecular formula is C20H14O2. The second-order valence-corrected chi connectivity index (χ2v) is 6.03. The third-order valence-corrected chi connectivity index (χ3v) is 4.79. The van der Waals surface area contributed by atoms with Gasteiger partial charge in [0, 0.05) is 12.0 Å². The quantitative estimate of drug-likeness (QED) is 0.365. The molecule has 1 heterocycles. The number of cyclic esters (lactones) is 1. The van der Waals surface area contributed by atoms with Gasteiger partial charge in [0.2, 0.25) is 0 Å². The number of hydrogen-bond donors (Lipinski definition) is 0. The van der Waals surface area contributed by atoms with Crippen LogP contribution in [-0.4, -0.2) is 5.97 Å². The van der Waals surface area contributed by atoms with E-state index in [0.29, 0.717) is 6.42 Å². The predicted octanol–water partition coefficient (Wildman–Crippen LogP) is 4.96. The molecule has 1 aliphatic heterocycles. The molecule has 0 spiro atoms. The molecule has 1 unspecified atom stereocenters. The van der Waals surface area contributed by atoms with Gasteiger partial charge >= 0.3 is 5.97 Å². The summed E-state index contributed by atoms with van der Waals surface area (Å²) in [7, 11) is 0. The SMILES string of the molecule is O=C1CCC(c2ccc3ccc4cccc5ccc2c3c45)O1. The fraction of sp³-hybridized carbons (Fsp3) is 0.150. The summed E-state index contributed by atoms with van der Waals surface area (Å²) >= 11 is 0. The minimum atomic E-state index is -0.0999. The van der Waals surface area contributed by atoms with Crippen molar-refractivity contribution in [1.82, 2.24) is 0 Å².